The highest BCUT2D eigenvalue weighted by atomic mass is 32.2. The van der Waals surface area contributed by atoms with Gasteiger partial charge in [0.05, 0.1) is 11.8 Å². The number of aromatic nitrogens is 1. The minimum absolute atomic E-state index is 0.0230. The van der Waals surface area contributed by atoms with Gasteiger partial charge in [-0.25, -0.2) is 12.7 Å². The maximum Gasteiger partial charge on any atom is 0.256 e. The highest BCUT2D eigenvalue weighted by Crippen LogP contribution is 2.27. The number of hydrogen-bond acceptors (Lipinski definition) is 5. The van der Waals surface area contributed by atoms with E-state index >= 15 is 0 Å². The van der Waals surface area contributed by atoms with Gasteiger partial charge < -0.3 is 10.2 Å². The molecule has 1 atom stereocenters. The van der Waals surface area contributed by atoms with Crippen LogP contribution in [0, 0.1) is 0 Å². The molecule has 1 aromatic heterocycles. The summed E-state index contributed by atoms with van der Waals surface area (Å²) in [5.41, 5.74) is 0.306. The predicted molar refractivity (Wildman–Crippen MR) is 101 cm³/mol. The Labute approximate surface area is 160 Å². The molecule has 0 radical (unpaired) electrons. The van der Waals surface area contributed by atoms with Gasteiger partial charge in [-0.15, -0.1) is 0 Å². The van der Waals surface area contributed by atoms with E-state index in [1.165, 1.54) is 16.8 Å². The number of hydrogen-bond donors (Lipinski definition) is 1. The van der Waals surface area contributed by atoms with Crippen LogP contribution < -0.4 is 5.32 Å². The van der Waals surface area contributed by atoms with Gasteiger partial charge >= 0.3 is 0 Å². The maximum absolute atomic E-state index is 12.9. The third-order valence-corrected chi connectivity index (χ3v) is 6.67. The van der Waals surface area contributed by atoms with E-state index in [0.29, 0.717) is 31.7 Å². The second-order valence-electron chi connectivity index (χ2n) is 7.70. The Morgan fingerprint density at radius 3 is 2.67 bits per heavy atom. The van der Waals surface area contributed by atoms with Gasteiger partial charge in [-0.2, -0.15) is 0 Å². The number of carbonyl (C=O) groups excluding carboxylic acids is 2. The van der Waals surface area contributed by atoms with Gasteiger partial charge in [0, 0.05) is 44.0 Å². The first kappa shape index (κ1) is 19.8. The third kappa shape index (κ3) is 3.98. The fraction of sp³-hybridized carbons (Fsp3) is 0.611. The zero-order valence-corrected chi connectivity index (χ0v) is 16.8. The number of piperazine rings is 1. The van der Waals surface area contributed by atoms with Crippen molar-refractivity contribution in [1.82, 2.24) is 19.5 Å². The van der Waals surface area contributed by atoms with Crippen molar-refractivity contribution in [1.29, 1.82) is 0 Å². The van der Waals surface area contributed by atoms with E-state index in [1.54, 1.807) is 30.9 Å². The van der Waals surface area contributed by atoms with Crippen molar-refractivity contribution in [2.45, 2.75) is 38.1 Å². The van der Waals surface area contributed by atoms with E-state index in [0.717, 1.165) is 18.5 Å². The van der Waals surface area contributed by atoms with Gasteiger partial charge in [0.1, 0.15) is 5.54 Å². The molecule has 148 valence electrons. The van der Waals surface area contributed by atoms with E-state index in [-0.39, 0.29) is 17.7 Å². The van der Waals surface area contributed by atoms with Gasteiger partial charge in [-0.05, 0) is 38.8 Å². The minimum Gasteiger partial charge on any atom is -0.352 e. The molecule has 0 bridgehead atoms. The molecule has 1 aromatic rings. The molecule has 0 aromatic carbocycles. The molecule has 0 unspecified atom stereocenters. The molecule has 2 fully saturated rings. The molecule has 2 amide bonds. The summed E-state index contributed by atoms with van der Waals surface area (Å²) in [4.78, 5) is 30.9. The van der Waals surface area contributed by atoms with Crippen molar-refractivity contribution in [3.8, 4) is 0 Å². The molecule has 9 heteroatoms. The lowest BCUT2D eigenvalue weighted by molar-refractivity contribution is -0.133. The van der Waals surface area contributed by atoms with Crippen molar-refractivity contribution in [2.75, 3.05) is 32.4 Å². The summed E-state index contributed by atoms with van der Waals surface area (Å²) in [5, 5.41) is 2.77. The molecule has 0 aliphatic carbocycles. The van der Waals surface area contributed by atoms with E-state index in [2.05, 4.69) is 10.3 Å². The molecule has 2 aliphatic heterocycles. The summed E-state index contributed by atoms with van der Waals surface area (Å²) in [5.74, 6) is -0.375. The van der Waals surface area contributed by atoms with E-state index in [9.17, 15) is 18.0 Å². The summed E-state index contributed by atoms with van der Waals surface area (Å²) >= 11 is 0. The van der Waals surface area contributed by atoms with Crippen LogP contribution in [0.25, 0.3) is 0 Å². The Morgan fingerprint density at radius 1 is 1.30 bits per heavy atom. The average molecular weight is 394 g/mol. The second kappa shape index (κ2) is 7.20. The highest BCUT2D eigenvalue weighted by molar-refractivity contribution is 7.88. The van der Waals surface area contributed by atoms with Crippen LogP contribution in [0.1, 0.15) is 48.7 Å². The zero-order chi connectivity index (χ0) is 19.8. The van der Waals surface area contributed by atoms with E-state index in [4.69, 9.17) is 0 Å². The van der Waals surface area contributed by atoms with Crippen LogP contribution in [-0.4, -0.2) is 72.4 Å². The Kier molecular flexibility index (Phi) is 5.27. The second-order valence-corrected chi connectivity index (χ2v) is 9.69. The molecule has 8 nitrogen and oxygen atoms in total. The number of carbonyl (C=O) groups is 2. The molecule has 3 heterocycles. The van der Waals surface area contributed by atoms with Gasteiger partial charge in [0.25, 0.3) is 5.91 Å². The summed E-state index contributed by atoms with van der Waals surface area (Å²) in [6, 6.07) is 3.51. The first-order chi connectivity index (χ1) is 12.6. The first-order valence-electron chi connectivity index (χ1n) is 9.12. The molecular weight excluding hydrogens is 368 g/mol. The number of nitrogens with zero attached hydrogens (tertiary/aromatic N) is 3. The average Bonchev–Trinajstić information content (AvgIpc) is 2.63. The van der Waals surface area contributed by atoms with Crippen LogP contribution in [0.3, 0.4) is 0 Å². The minimum atomic E-state index is -3.21. The lowest BCUT2D eigenvalue weighted by Gasteiger charge is -2.41. The van der Waals surface area contributed by atoms with Crippen molar-refractivity contribution >= 4 is 21.8 Å². The summed E-state index contributed by atoms with van der Waals surface area (Å²) in [6.07, 6.45) is 4.41. The molecular formula is C18H26N4O4S. The third-order valence-electron chi connectivity index (χ3n) is 5.40. The lowest BCUT2D eigenvalue weighted by Crippen LogP contribution is -2.63. The Balaban J connectivity index is 1.75. The number of rotatable bonds is 3. The SMILES string of the molecule is CC1(C)C(=O)NCCN1C(=O)c1ccc([C@H]2CCCN(S(C)(=O)=O)C2)nc1. The fourth-order valence-electron chi connectivity index (χ4n) is 3.67. The van der Waals surface area contributed by atoms with Crippen molar-refractivity contribution in [3.05, 3.63) is 29.6 Å². The molecule has 3 rings (SSSR count). The highest BCUT2D eigenvalue weighted by Gasteiger charge is 2.40. The van der Waals surface area contributed by atoms with Gasteiger partial charge in [-0.3, -0.25) is 14.6 Å². The van der Waals surface area contributed by atoms with Gasteiger partial charge in [0.2, 0.25) is 15.9 Å². The molecule has 2 aliphatic rings. The number of nitrogens with one attached hydrogen (secondary N) is 1. The molecule has 1 N–H and O–H groups in total. The van der Waals surface area contributed by atoms with Crippen LogP contribution in [0.4, 0.5) is 0 Å². The Hall–Kier alpha value is -2.00. The van der Waals surface area contributed by atoms with Crippen LogP contribution in [0.15, 0.2) is 18.3 Å². The van der Waals surface area contributed by atoms with Gasteiger partial charge in [-0.1, -0.05) is 0 Å². The number of sulfonamides is 1. The lowest BCUT2D eigenvalue weighted by atomic mass is 9.95. The number of pyridine rings is 1. The normalized spacial score (nSPS) is 23.7. The maximum atomic E-state index is 12.9. The molecule has 0 saturated carbocycles. The van der Waals surface area contributed by atoms with E-state index < -0.39 is 15.6 Å². The Morgan fingerprint density at radius 2 is 2.04 bits per heavy atom. The number of piperidine rings is 1. The summed E-state index contributed by atoms with van der Waals surface area (Å²) in [6.45, 7) is 5.29. The molecule has 2 saturated heterocycles. The molecule has 0 spiro atoms. The topological polar surface area (TPSA) is 99.7 Å². The van der Waals surface area contributed by atoms with Crippen molar-refractivity contribution < 1.29 is 18.0 Å². The van der Waals surface area contributed by atoms with Crippen LogP contribution in [0.2, 0.25) is 0 Å². The first-order valence-corrected chi connectivity index (χ1v) is 11.0. The van der Waals surface area contributed by atoms with Crippen LogP contribution in [0.5, 0.6) is 0 Å². The van der Waals surface area contributed by atoms with Gasteiger partial charge in [0.15, 0.2) is 0 Å². The zero-order valence-electron chi connectivity index (χ0n) is 15.9. The Bertz CT molecular complexity index is 835. The monoisotopic (exact) mass is 394 g/mol. The van der Waals surface area contributed by atoms with Crippen molar-refractivity contribution in [2.24, 2.45) is 0 Å². The van der Waals surface area contributed by atoms with Crippen molar-refractivity contribution in [3.63, 3.8) is 0 Å². The largest absolute Gasteiger partial charge is 0.352 e. The standard InChI is InChI=1S/C18H26N4O4S/c1-18(2)17(24)19-8-10-22(18)16(23)13-6-7-15(20-11-13)14-5-4-9-21(12-14)27(3,25)26/h6-7,11,14H,4-5,8-10,12H2,1-3H3,(H,19,24)/t14-/m0/s1. The summed E-state index contributed by atoms with van der Waals surface area (Å²) < 4.78 is 25.1. The molecule has 27 heavy (non-hydrogen) atoms. The number of amides is 2. The van der Waals surface area contributed by atoms with Crippen LogP contribution >= 0.6 is 0 Å². The fourth-order valence-corrected chi connectivity index (χ4v) is 4.58. The predicted octanol–water partition coefficient (Wildman–Crippen LogP) is 0.571. The summed E-state index contributed by atoms with van der Waals surface area (Å²) in [7, 11) is -3.21. The van der Waals surface area contributed by atoms with E-state index in [1.807, 2.05) is 0 Å². The quantitative estimate of drug-likeness (QED) is 0.808. The van der Waals surface area contributed by atoms with Crippen LogP contribution in [-0.2, 0) is 14.8 Å². The smallest absolute Gasteiger partial charge is 0.256 e.